The largest absolute Gasteiger partial charge is 0.355 e. The van der Waals surface area contributed by atoms with Gasteiger partial charge >= 0.3 is 0 Å². The topological polar surface area (TPSA) is 68.7 Å². The van der Waals surface area contributed by atoms with Crippen LogP contribution >= 0.6 is 0 Å². The van der Waals surface area contributed by atoms with Gasteiger partial charge in [0.2, 0.25) is 0 Å². The maximum Gasteiger partial charge on any atom is 0.147 e. The van der Waals surface area contributed by atoms with Crippen molar-refractivity contribution < 1.29 is 0 Å². The highest BCUT2D eigenvalue weighted by Crippen LogP contribution is 2.11. The second-order valence-corrected chi connectivity index (χ2v) is 5.69. The lowest BCUT2D eigenvalue weighted by atomic mass is 10.3. The summed E-state index contributed by atoms with van der Waals surface area (Å²) < 4.78 is 0. The van der Waals surface area contributed by atoms with Gasteiger partial charge in [-0.05, 0) is 66.8 Å². The summed E-state index contributed by atoms with van der Waals surface area (Å²) in [5, 5.41) is 2.03. The monoisotopic (exact) mass is 327 g/mol. The third-order valence-corrected chi connectivity index (χ3v) is 3.83. The van der Waals surface area contributed by atoms with Gasteiger partial charge in [-0.3, -0.25) is 9.98 Å². The van der Waals surface area contributed by atoms with Crippen molar-refractivity contribution in [3.05, 3.63) is 76.4 Å². The van der Waals surface area contributed by atoms with E-state index in [0.717, 1.165) is 39.3 Å². The van der Waals surface area contributed by atoms with Gasteiger partial charge < -0.3 is 9.97 Å². The molecule has 0 aromatic carbocycles. The van der Waals surface area contributed by atoms with Gasteiger partial charge in [0, 0.05) is 35.3 Å². The Morgan fingerprint density at radius 2 is 1.68 bits per heavy atom. The summed E-state index contributed by atoms with van der Waals surface area (Å²) in [6.07, 6.45) is 15.6. The third kappa shape index (κ3) is 3.55. The Balaban J connectivity index is 1.57. The van der Waals surface area contributed by atoms with Crippen molar-refractivity contribution in [1.29, 1.82) is 0 Å². The molecule has 0 amide bonds. The minimum Gasteiger partial charge on any atom is -0.355 e. The van der Waals surface area contributed by atoms with E-state index < -0.39 is 0 Å². The number of aromatic nitrogens is 2. The molecule has 0 spiro atoms. The van der Waals surface area contributed by atoms with Gasteiger partial charge in [-0.15, -0.1) is 0 Å². The van der Waals surface area contributed by atoms with Gasteiger partial charge in [0.1, 0.15) is 5.84 Å². The Hall–Kier alpha value is -3.47. The van der Waals surface area contributed by atoms with E-state index in [4.69, 9.17) is 0 Å². The molecule has 4 rings (SSSR count). The summed E-state index contributed by atoms with van der Waals surface area (Å²) in [7, 11) is 1.74. The molecule has 0 fully saturated rings. The van der Waals surface area contributed by atoms with E-state index in [1.165, 1.54) is 0 Å². The number of amidine groups is 1. The molecule has 4 heterocycles. The van der Waals surface area contributed by atoms with Crippen LogP contribution in [0.25, 0.3) is 18.2 Å². The van der Waals surface area contributed by atoms with Crippen LogP contribution in [0.15, 0.2) is 69.2 Å². The zero-order chi connectivity index (χ0) is 17.1. The molecular formula is C20H17N5. The average molecular weight is 327 g/mol. The minimum absolute atomic E-state index is 0.749. The van der Waals surface area contributed by atoms with E-state index in [1.807, 2.05) is 60.7 Å². The summed E-state index contributed by atoms with van der Waals surface area (Å²) in [6, 6.07) is 8.17. The van der Waals surface area contributed by atoms with Gasteiger partial charge in [-0.2, -0.15) is 0 Å². The maximum atomic E-state index is 4.39. The molecule has 0 saturated carbocycles. The zero-order valence-electron chi connectivity index (χ0n) is 13.8. The standard InChI is InChI=1S/C20H17N5/c1-21-20-9-8-19(25-20)13-18-7-6-17(24-18)12-16-5-4-15(23-16)11-14-3-2-10-22-14/h2-13,23-24H,1H3. The van der Waals surface area contributed by atoms with Crippen LogP contribution in [0.3, 0.4) is 0 Å². The van der Waals surface area contributed by atoms with Crippen molar-refractivity contribution >= 4 is 36.0 Å². The fourth-order valence-electron chi connectivity index (χ4n) is 2.65. The zero-order valence-corrected chi connectivity index (χ0v) is 13.8. The molecule has 5 heteroatoms. The van der Waals surface area contributed by atoms with Crippen LogP contribution in [0.4, 0.5) is 0 Å². The van der Waals surface area contributed by atoms with Crippen LogP contribution in [-0.4, -0.2) is 34.8 Å². The van der Waals surface area contributed by atoms with Gasteiger partial charge in [0.05, 0.1) is 11.4 Å². The fraction of sp³-hybridized carbons (Fsp3) is 0.0500. The molecule has 2 N–H and O–H groups in total. The highest BCUT2D eigenvalue weighted by atomic mass is 14.9. The summed E-state index contributed by atoms with van der Waals surface area (Å²) in [5.74, 6) is 0.749. The van der Waals surface area contributed by atoms with E-state index in [9.17, 15) is 0 Å². The molecule has 2 aromatic rings. The third-order valence-electron chi connectivity index (χ3n) is 3.83. The van der Waals surface area contributed by atoms with Crippen molar-refractivity contribution in [2.75, 3.05) is 7.05 Å². The SMILES string of the molecule is CN=C1C=CC(C=c2ccc(=Cc3ccc(C=C4C=CC=N4)[nH]3)[nH]2)=N1. The van der Waals surface area contributed by atoms with Crippen LogP contribution < -0.4 is 10.7 Å². The van der Waals surface area contributed by atoms with E-state index >= 15 is 0 Å². The molecule has 0 saturated heterocycles. The van der Waals surface area contributed by atoms with Crippen LogP contribution in [0.2, 0.25) is 0 Å². The number of hydrogen-bond donors (Lipinski definition) is 2. The van der Waals surface area contributed by atoms with Crippen molar-refractivity contribution in [1.82, 2.24) is 9.97 Å². The van der Waals surface area contributed by atoms with Crippen LogP contribution in [0.5, 0.6) is 0 Å². The lowest BCUT2D eigenvalue weighted by molar-refractivity contribution is 1.26. The smallest absolute Gasteiger partial charge is 0.147 e. The Labute approximate surface area is 145 Å². The quantitative estimate of drug-likeness (QED) is 0.865. The fourth-order valence-corrected chi connectivity index (χ4v) is 2.65. The van der Waals surface area contributed by atoms with E-state index in [0.29, 0.717) is 0 Å². The lowest BCUT2D eigenvalue weighted by Gasteiger charge is -1.89. The highest BCUT2D eigenvalue weighted by Gasteiger charge is 2.01. The average Bonchev–Trinajstić information content (AvgIpc) is 3.38. The molecule has 0 atom stereocenters. The first-order valence-electron chi connectivity index (χ1n) is 8.02. The van der Waals surface area contributed by atoms with E-state index in [-0.39, 0.29) is 0 Å². The molecule has 0 bridgehead atoms. The lowest BCUT2D eigenvalue weighted by Crippen LogP contribution is -2.10. The molecular weight excluding hydrogens is 310 g/mol. The van der Waals surface area contributed by atoms with Gasteiger partial charge in [0.25, 0.3) is 0 Å². The number of H-pyrrole nitrogens is 2. The first-order chi connectivity index (χ1) is 12.3. The molecule has 0 unspecified atom stereocenters. The molecule has 2 aromatic heterocycles. The minimum atomic E-state index is 0.749. The first kappa shape index (κ1) is 15.1. The van der Waals surface area contributed by atoms with E-state index in [1.54, 1.807) is 13.3 Å². The Morgan fingerprint density at radius 3 is 2.40 bits per heavy atom. The Kier molecular flexibility index (Phi) is 3.96. The molecule has 5 nitrogen and oxygen atoms in total. The molecule has 2 aliphatic rings. The van der Waals surface area contributed by atoms with Crippen molar-refractivity contribution in [3.8, 4) is 0 Å². The van der Waals surface area contributed by atoms with Crippen LogP contribution in [-0.2, 0) is 0 Å². The number of rotatable bonds is 3. The molecule has 0 aliphatic carbocycles. The van der Waals surface area contributed by atoms with Crippen molar-refractivity contribution in [2.45, 2.75) is 0 Å². The summed E-state index contributed by atoms with van der Waals surface area (Å²) in [5.41, 5.74) is 3.91. The normalized spacial score (nSPS) is 20.6. The number of nitrogens with zero attached hydrogens (tertiary/aromatic N) is 3. The number of allylic oxidation sites excluding steroid dienone is 3. The second kappa shape index (κ2) is 6.57. The molecule has 25 heavy (non-hydrogen) atoms. The predicted molar refractivity (Wildman–Crippen MR) is 104 cm³/mol. The predicted octanol–water partition coefficient (Wildman–Crippen LogP) is 1.97. The van der Waals surface area contributed by atoms with Crippen LogP contribution in [0.1, 0.15) is 11.4 Å². The summed E-state index contributed by atoms with van der Waals surface area (Å²) in [4.78, 5) is 19.4. The first-order valence-corrected chi connectivity index (χ1v) is 8.02. The Bertz CT molecular complexity index is 1080. The maximum absolute atomic E-state index is 4.39. The number of hydrogen-bond acceptors (Lipinski definition) is 2. The Morgan fingerprint density at radius 1 is 0.880 bits per heavy atom. The second-order valence-electron chi connectivity index (χ2n) is 5.69. The molecule has 0 radical (unpaired) electrons. The highest BCUT2D eigenvalue weighted by molar-refractivity contribution is 6.27. The van der Waals surface area contributed by atoms with Gasteiger partial charge in [0.15, 0.2) is 0 Å². The van der Waals surface area contributed by atoms with Crippen molar-refractivity contribution in [3.63, 3.8) is 0 Å². The van der Waals surface area contributed by atoms with Gasteiger partial charge in [-0.1, -0.05) is 0 Å². The number of nitrogens with one attached hydrogen (secondary N) is 2. The number of aromatic amines is 2. The molecule has 2 aliphatic heterocycles. The summed E-state index contributed by atoms with van der Waals surface area (Å²) in [6.45, 7) is 0. The number of aliphatic imine (C=N–C) groups is 3. The van der Waals surface area contributed by atoms with Crippen molar-refractivity contribution in [2.24, 2.45) is 15.0 Å². The van der Waals surface area contributed by atoms with Crippen LogP contribution in [0, 0.1) is 0 Å². The van der Waals surface area contributed by atoms with E-state index in [2.05, 4.69) is 31.0 Å². The molecule has 122 valence electrons. The summed E-state index contributed by atoms with van der Waals surface area (Å²) >= 11 is 0. The van der Waals surface area contributed by atoms with Gasteiger partial charge in [-0.25, -0.2) is 4.99 Å².